The lowest BCUT2D eigenvalue weighted by Crippen LogP contribution is -2.29. The van der Waals surface area contributed by atoms with Gasteiger partial charge >= 0.3 is 5.97 Å². The fourth-order valence-electron chi connectivity index (χ4n) is 0.955. The van der Waals surface area contributed by atoms with Crippen molar-refractivity contribution in [3.8, 4) is 0 Å². The Morgan fingerprint density at radius 2 is 2.33 bits per heavy atom. The molecule has 0 aromatic rings. The van der Waals surface area contributed by atoms with Crippen molar-refractivity contribution < 1.29 is 9.90 Å². The first-order valence-corrected chi connectivity index (χ1v) is 5.08. The quantitative estimate of drug-likeness (QED) is 0.447. The van der Waals surface area contributed by atoms with Crippen LogP contribution in [0.25, 0.3) is 0 Å². The van der Waals surface area contributed by atoms with Crippen LogP contribution < -0.4 is 16.8 Å². The molecule has 1 aliphatic rings. The van der Waals surface area contributed by atoms with E-state index >= 15 is 0 Å². The number of nitrogens with two attached hydrogens (primary N) is 2. The summed E-state index contributed by atoms with van der Waals surface area (Å²) < 4.78 is 0. The van der Waals surface area contributed by atoms with Crippen molar-refractivity contribution in [1.29, 1.82) is 0 Å². The predicted octanol–water partition coefficient (Wildman–Crippen LogP) is -0.855. The number of nitrogens with zero attached hydrogens (tertiary/aromatic N) is 1. The first-order valence-electron chi connectivity index (χ1n) is 5.08. The summed E-state index contributed by atoms with van der Waals surface area (Å²) in [7, 11) is 0. The van der Waals surface area contributed by atoms with E-state index in [-0.39, 0.29) is 0 Å². The molecule has 0 saturated heterocycles. The first-order chi connectivity index (χ1) is 7.18. The van der Waals surface area contributed by atoms with Crippen LogP contribution in [-0.2, 0) is 4.79 Å². The van der Waals surface area contributed by atoms with Gasteiger partial charge in [0.05, 0.1) is 12.9 Å². The smallest absolute Gasteiger partial charge is 0.320 e. The van der Waals surface area contributed by atoms with Gasteiger partial charge in [0, 0.05) is 6.54 Å². The van der Waals surface area contributed by atoms with Crippen LogP contribution in [-0.4, -0.2) is 43.1 Å². The van der Waals surface area contributed by atoms with Gasteiger partial charge in [-0.25, -0.2) is 0 Å². The van der Waals surface area contributed by atoms with E-state index in [4.69, 9.17) is 16.6 Å². The van der Waals surface area contributed by atoms with Gasteiger partial charge in [0.2, 0.25) is 0 Å². The van der Waals surface area contributed by atoms with E-state index in [1.54, 1.807) is 6.34 Å². The number of hydrogen-bond donors (Lipinski definition) is 4. The standard InChI is InChI=1S/C6H14N2O2.C3H6N2/c7-4-2-1-3-5(8)6(9)10;1-2-5-3-4-1/h5H,1-4,7-8H2,(H,9,10);3H,1-2H2,(H,4,5)/t5-;/m0./s1. The van der Waals surface area contributed by atoms with Gasteiger partial charge in [-0.3, -0.25) is 9.79 Å². The van der Waals surface area contributed by atoms with E-state index in [0.717, 1.165) is 25.9 Å². The number of aliphatic carboxylic acids is 1. The predicted molar refractivity (Wildman–Crippen MR) is 59.9 cm³/mol. The molecule has 1 atom stereocenters. The third-order valence-corrected chi connectivity index (χ3v) is 1.85. The number of aliphatic imine (C=N–C) groups is 1. The molecule has 0 fully saturated rings. The zero-order chi connectivity index (χ0) is 11.5. The monoisotopic (exact) mass is 216 g/mol. The van der Waals surface area contributed by atoms with Crippen LogP contribution in [0.4, 0.5) is 0 Å². The highest BCUT2D eigenvalue weighted by molar-refractivity contribution is 5.72. The third kappa shape index (κ3) is 9.17. The molecule has 6 N–H and O–H groups in total. The highest BCUT2D eigenvalue weighted by Gasteiger charge is 2.09. The minimum Gasteiger partial charge on any atom is -0.480 e. The van der Waals surface area contributed by atoms with E-state index in [0.29, 0.717) is 13.0 Å². The summed E-state index contributed by atoms with van der Waals surface area (Å²) in [6.07, 6.45) is 3.90. The zero-order valence-corrected chi connectivity index (χ0v) is 8.85. The average molecular weight is 216 g/mol. The van der Waals surface area contributed by atoms with Gasteiger partial charge in [-0.05, 0) is 19.4 Å². The maximum absolute atomic E-state index is 10.1. The highest BCUT2D eigenvalue weighted by Crippen LogP contribution is 1.96. The van der Waals surface area contributed by atoms with Gasteiger partial charge in [0.25, 0.3) is 0 Å². The number of unbranched alkanes of at least 4 members (excludes halogenated alkanes) is 1. The van der Waals surface area contributed by atoms with Crippen molar-refractivity contribution in [1.82, 2.24) is 5.32 Å². The lowest BCUT2D eigenvalue weighted by Gasteiger charge is -2.03. The van der Waals surface area contributed by atoms with Gasteiger partial charge < -0.3 is 21.9 Å². The first kappa shape index (κ1) is 13.9. The van der Waals surface area contributed by atoms with Crippen LogP contribution in [0.15, 0.2) is 4.99 Å². The van der Waals surface area contributed by atoms with E-state index < -0.39 is 12.0 Å². The van der Waals surface area contributed by atoms with Crippen LogP contribution in [0.1, 0.15) is 19.3 Å². The molecule has 0 aliphatic carbocycles. The van der Waals surface area contributed by atoms with Crippen LogP contribution in [0, 0.1) is 0 Å². The summed E-state index contributed by atoms with van der Waals surface area (Å²) >= 11 is 0. The molecule has 0 amide bonds. The normalized spacial score (nSPS) is 15.1. The fourth-order valence-corrected chi connectivity index (χ4v) is 0.955. The van der Waals surface area contributed by atoms with Crippen molar-refractivity contribution in [2.24, 2.45) is 16.5 Å². The molecule has 1 aliphatic heterocycles. The molecule has 0 bridgehead atoms. The molecule has 1 heterocycles. The minimum atomic E-state index is -0.933. The Hall–Kier alpha value is -1.14. The molecule has 0 saturated carbocycles. The molecule has 0 radical (unpaired) electrons. The molecule has 15 heavy (non-hydrogen) atoms. The summed E-state index contributed by atoms with van der Waals surface area (Å²) in [4.78, 5) is 14.0. The highest BCUT2D eigenvalue weighted by atomic mass is 16.4. The minimum absolute atomic E-state index is 0.520. The largest absolute Gasteiger partial charge is 0.480 e. The topological polar surface area (TPSA) is 114 Å². The molecule has 6 heteroatoms. The van der Waals surface area contributed by atoms with Crippen molar-refractivity contribution in [3.63, 3.8) is 0 Å². The van der Waals surface area contributed by atoms with E-state index in [1.165, 1.54) is 0 Å². The summed E-state index contributed by atoms with van der Waals surface area (Å²) in [5.74, 6) is -0.933. The molecule has 0 unspecified atom stereocenters. The molecule has 6 nitrogen and oxygen atoms in total. The fraction of sp³-hybridized carbons (Fsp3) is 0.778. The number of carbonyl (C=O) groups is 1. The molecule has 1 rings (SSSR count). The maximum atomic E-state index is 10.1. The Labute approximate surface area is 89.7 Å². The second-order valence-electron chi connectivity index (χ2n) is 3.22. The van der Waals surface area contributed by atoms with Gasteiger partial charge in [-0.15, -0.1) is 0 Å². The van der Waals surface area contributed by atoms with Gasteiger partial charge in [-0.1, -0.05) is 6.42 Å². The molecule has 0 aromatic heterocycles. The molecule has 0 aromatic carbocycles. The van der Waals surface area contributed by atoms with E-state index in [2.05, 4.69) is 10.3 Å². The summed E-state index contributed by atoms with van der Waals surface area (Å²) in [5, 5.41) is 11.3. The Morgan fingerprint density at radius 3 is 2.67 bits per heavy atom. The summed E-state index contributed by atoms with van der Waals surface area (Å²) in [6, 6.07) is -0.716. The van der Waals surface area contributed by atoms with Crippen LogP contribution in [0.3, 0.4) is 0 Å². The van der Waals surface area contributed by atoms with E-state index in [1.807, 2.05) is 0 Å². The van der Waals surface area contributed by atoms with Crippen molar-refractivity contribution in [3.05, 3.63) is 0 Å². The molecule has 88 valence electrons. The lowest BCUT2D eigenvalue weighted by molar-refractivity contribution is -0.138. The number of carboxylic acid groups (broad SMARTS) is 1. The van der Waals surface area contributed by atoms with Crippen molar-refractivity contribution >= 4 is 12.3 Å². The maximum Gasteiger partial charge on any atom is 0.320 e. The van der Waals surface area contributed by atoms with Crippen LogP contribution in [0.5, 0.6) is 0 Å². The second-order valence-corrected chi connectivity index (χ2v) is 3.22. The lowest BCUT2D eigenvalue weighted by atomic mass is 10.1. The Bertz CT molecular complexity index is 191. The van der Waals surface area contributed by atoms with Gasteiger partial charge in [-0.2, -0.15) is 0 Å². The molecular weight excluding hydrogens is 196 g/mol. The zero-order valence-electron chi connectivity index (χ0n) is 8.85. The Balaban J connectivity index is 0.000000322. The summed E-state index contributed by atoms with van der Waals surface area (Å²) in [6.45, 7) is 2.59. The number of carboxylic acids is 1. The Kier molecular flexibility index (Phi) is 8.70. The number of hydrogen-bond acceptors (Lipinski definition) is 5. The molecular formula is C9H20N4O2. The summed E-state index contributed by atoms with van der Waals surface area (Å²) in [5.41, 5.74) is 10.4. The number of nitrogens with one attached hydrogen (secondary N) is 1. The average Bonchev–Trinajstić information content (AvgIpc) is 2.75. The van der Waals surface area contributed by atoms with Crippen molar-refractivity contribution in [2.75, 3.05) is 19.6 Å². The molecule has 0 spiro atoms. The van der Waals surface area contributed by atoms with Gasteiger partial charge in [0.15, 0.2) is 0 Å². The number of rotatable bonds is 5. The van der Waals surface area contributed by atoms with Crippen LogP contribution in [0.2, 0.25) is 0 Å². The SMILES string of the molecule is C1=NCCN1.NCCCC[C@H](N)C(=O)O. The van der Waals surface area contributed by atoms with Gasteiger partial charge in [0.1, 0.15) is 6.04 Å². The van der Waals surface area contributed by atoms with E-state index in [9.17, 15) is 4.79 Å². The second kappa shape index (κ2) is 9.42. The third-order valence-electron chi connectivity index (χ3n) is 1.85. The van der Waals surface area contributed by atoms with Crippen LogP contribution >= 0.6 is 0 Å². The van der Waals surface area contributed by atoms with Crippen molar-refractivity contribution in [2.45, 2.75) is 25.3 Å². The Morgan fingerprint density at radius 1 is 1.60 bits per heavy atom.